The van der Waals surface area contributed by atoms with Gasteiger partial charge in [-0.05, 0) is 38.3 Å². The summed E-state index contributed by atoms with van der Waals surface area (Å²) in [6.07, 6.45) is 3.41. The number of likely N-dealkylation sites (tertiary alicyclic amines) is 1. The Hall–Kier alpha value is -0.160. The number of hydrogen-bond acceptors (Lipinski definition) is 4. The molecule has 0 aromatic carbocycles. The average Bonchev–Trinajstić information content (AvgIpc) is 2.36. The number of nitrogens with one attached hydrogen (secondary N) is 1. The maximum atomic E-state index is 9.57. The summed E-state index contributed by atoms with van der Waals surface area (Å²) in [5, 5.41) is 12.7. The third-order valence-corrected chi connectivity index (χ3v) is 3.44. The van der Waals surface area contributed by atoms with E-state index in [0.29, 0.717) is 13.2 Å². The van der Waals surface area contributed by atoms with Gasteiger partial charge in [-0.2, -0.15) is 0 Å². The summed E-state index contributed by atoms with van der Waals surface area (Å²) >= 11 is 0. The Morgan fingerprint density at radius 2 is 2.33 bits per heavy atom. The van der Waals surface area contributed by atoms with Crippen LogP contribution in [0.2, 0.25) is 0 Å². The van der Waals surface area contributed by atoms with Gasteiger partial charge in [0.2, 0.25) is 0 Å². The largest absolute Gasteiger partial charge is 0.389 e. The van der Waals surface area contributed by atoms with E-state index >= 15 is 0 Å². The van der Waals surface area contributed by atoms with E-state index in [2.05, 4.69) is 17.1 Å². The van der Waals surface area contributed by atoms with Crippen molar-refractivity contribution in [3.05, 3.63) is 0 Å². The van der Waals surface area contributed by atoms with E-state index in [1.807, 2.05) is 6.92 Å². The van der Waals surface area contributed by atoms with Crippen molar-refractivity contribution in [1.29, 1.82) is 0 Å². The first-order valence-electron chi connectivity index (χ1n) is 7.41. The van der Waals surface area contributed by atoms with Crippen LogP contribution in [0.5, 0.6) is 0 Å². The zero-order valence-electron chi connectivity index (χ0n) is 12.0. The first-order chi connectivity index (χ1) is 8.72. The first-order valence-corrected chi connectivity index (χ1v) is 7.41. The first kappa shape index (κ1) is 15.9. The lowest BCUT2D eigenvalue weighted by atomic mass is 10.0. The summed E-state index contributed by atoms with van der Waals surface area (Å²) in [5.74, 6) is 0.849. The molecule has 0 radical (unpaired) electrons. The Morgan fingerprint density at radius 3 is 3.06 bits per heavy atom. The molecule has 108 valence electrons. The SMILES string of the molecule is CCNC[C@@H](O)COCCCN1CCC[C@H](C)C1. The number of hydrogen-bond donors (Lipinski definition) is 2. The number of aliphatic hydroxyl groups excluding tert-OH is 1. The number of ether oxygens (including phenoxy) is 1. The van der Waals surface area contributed by atoms with E-state index in [0.717, 1.165) is 32.0 Å². The second-order valence-electron chi connectivity index (χ2n) is 5.44. The second-order valence-corrected chi connectivity index (χ2v) is 5.44. The third-order valence-electron chi connectivity index (χ3n) is 3.44. The molecule has 0 unspecified atom stereocenters. The fourth-order valence-electron chi connectivity index (χ4n) is 2.47. The molecule has 1 aliphatic rings. The number of rotatable bonds is 9. The van der Waals surface area contributed by atoms with Gasteiger partial charge in [0, 0.05) is 26.2 Å². The van der Waals surface area contributed by atoms with Crippen LogP contribution in [0, 0.1) is 5.92 Å². The molecule has 0 bridgehead atoms. The lowest BCUT2D eigenvalue weighted by molar-refractivity contribution is 0.0322. The fraction of sp³-hybridized carbons (Fsp3) is 1.00. The van der Waals surface area contributed by atoms with Crippen molar-refractivity contribution >= 4 is 0 Å². The highest BCUT2D eigenvalue weighted by atomic mass is 16.5. The molecular weight excluding hydrogens is 228 g/mol. The molecule has 4 heteroatoms. The lowest BCUT2D eigenvalue weighted by Crippen LogP contribution is -2.35. The summed E-state index contributed by atoms with van der Waals surface area (Å²) in [6, 6.07) is 0. The molecular formula is C14H30N2O2. The van der Waals surface area contributed by atoms with Gasteiger partial charge in [-0.25, -0.2) is 0 Å². The summed E-state index contributed by atoms with van der Waals surface area (Å²) in [5.41, 5.74) is 0. The molecule has 0 amide bonds. The summed E-state index contributed by atoms with van der Waals surface area (Å²) < 4.78 is 5.49. The molecule has 4 nitrogen and oxygen atoms in total. The summed E-state index contributed by atoms with van der Waals surface area (Å²) in [4.78, 5) is 2.53. The summed E-state index contributed by atoms with van der Waals surface area (Å²) in [6.45, 7) is 10.7. The highest BCUT2D eigenvalue weighted by molar-refractivity contribution is 4.69. The molecule has 1 rings (SSSR count). The minimum absolute atomic E-state index is 0.375. The van der Waals surface area contributed by atoms with Crippen molar-refractivity contribution in [3.8, 4) is 0 Å². The molecule has 0 aliphatic carbocycles. The van der Waals surface area contributed by atoms with E-state index in [4.69, 9.17) is 4.74 Å². The number of nitrogens with zero attached hydrogens (tertiary/aromatic N) is 1. The lowest BCUT2D eigenvalue weighted by Gasteiger charge is -2.30. The Bertz CT molecular complexity index is 202. The predicted octanol–water partition coefficient (Wildman–Crippen LogP) is 1.10. The zero-order chi connectivity index (χ0) is 13.2. The number of aliphatic hydroxyl groups is 1. The molecule has 2 atom stereocenters. The molecule has 2 N–H and O–H groups in total. The van der Waals surface area contributed by atoms with Crippen molar-refractivity contribution in [2.24, 2.45) is 5.92 Å². The second kappa shape index (κ2) is 9.73. The van der Waals surface area contributed by atoms with E-state index in [1.54, 1.807) is 0 Å². The van der Waals surface area contributed by atoms with E-state index in [1.165, 1.54) is 25.9 Å². The van der Waals surface area contributed by atoms with Gasteiger partial charge in [0.15, 0.2) is 0 Å². The van der Waals surface area contributed by atoms with Crippen LogP contribution in [0.3, 0.4) is 0 Å². The zero-order valence-corrected chi connectivity index (χ0v) is 12.0. The van der Waals surface area contributed by atoms with Crippen LogP contribution >= 0.6 is 0 Å². The number of likely N-dealkylation sites (N-methyl/N-ethyl adjacent to an activating group) is 1. The molecule has 0 saturated carbocycles. The van der Waals surface area contributed by atoms with Gasteiger partial charge in [-0.3, -0.25) is 0 Å². The third kappa shape index (κ3) is 7.31. The highest BCUT2D eigenvalue weighted by Crippen LogP contribution is 2.15. The normalized spacial score (nSPS) is 23.2. The van der Waals surface area contributed by atoms with E-state index in [9.17, 15) is 5.11 Å². The quantitative estimate of drug-likeness (QED) is 0.608. The minimum atomic E-state index is -0.375. The van der Waals surface area contributed by atoms with Crippen LogP contribution in [0.15, 0.2) is 0 Å². The average molecular weight is 258 g/mol. The van der Waals surface area contributed by atoms with Crippen LogP contribution in [0.25, 0.3) is 0 Å². The fourth-order valence-corrected chi connectivity index (χ4v) is 2.47. The Kier molecular flexibility index (Phi) is 8.59. The molecule has 0 aromatic rings. The molecule has 0 aromatic heterocycles. The maximum absolute atomic E-state index is 9.57. The summed E-state index contributed by atoms with van der Waals surface area (Å²) in [7, 11) is 0. The van der Waals surface area contributed by atoms with Crippen LogP contribution in [0.1, 0.15) is 33.1 Å². The molecule has 18 heavy (non-hydrogen) atoms. The van der Waals surface area contributed by atoms with Gasteiger partial charge >= 0.3 is 0 Å². The Morgan fingerprint density at radius 1 is 1.50 bits per heavy atom. The smallest absolute Gasteiger partial charge is 0.0897 e. The van der Waals surface area contributed by atoms with Crippen LogP contribution in [-0.4, -0.2) is 62.0 Å². The van der Waals surface area contributed by atoms with Crippen molar-refractivity contribution in [1.82, 2.24) is 10.2 Å². The Balaban J connectivity index is 1.91. The van der Waals surface area contributed by atoms with Crippen molar-refractivity contribution in [3.63, 3.8) is 0 Å². The van der Waals surface area contributed by atoms with Gasteiger partial charge in [0.25, 0.3) is 0 Å². The molecule has 1 saturated heterocycles. The molecule has 1 heterocycles. The van der Waals surface area contributed by atoms with Gasteiger partial charge < -0.3 is 20.1 Å². The van der Waals surface area contributed by atoms with Gasteiger partial charge in [0.05, 0.1) is 12.7 Å². The predicted molar refractivity (Wildman–Crippen MR) is 74.8 cm³/mol. The van der Waals surface area contributed by atoms with Crippen LogP contribution in [0.4, 0.5) is 0 Å². The minimum Gasteiger partial charge on any atom is -0.389 e. The molecule has 1 fully saturated rings. The monoisotopic (exact) mass is 258 g/mol. The van der Waals surface area contributed by atoms with Crippen molar-refractivity contribution in [2.75, 3.05) is 45.9 Å². The van der Waals surface area contributed by atoms with E-state index in [-0.39, 0.29) is 6.10 Å². The van der Waals surface area contributed by atoms with Crippen molar-refractivity contribution < 1.29 is 9.84 Å². The molecule has 0 spiro atoms. The Labute approximate surface area is 112 Å². The van der Waals surface area contributed by atoms with Crippen LogP contribution in [-0.2, 0) is 4.74 Å². The van der Waals surface area contributed by atoms with E-state index < -0.39 is 0 Å². The highest BCUT2D eigenvalue weighted by Gasteiger charge is 2.15. The van der Waals surface area contributed by atoms with Gasteiger partial charge in [-0.1, -0.05) is 13.8 Å². The standard InChI is InChI=1S/C14H30N2O2/c1-3-15-10-14(17)12-18-9-5-8-16-7-4-6-13(2)11-16/h13-15,17H,3-12H2,1-2H3/t13-,14+/m0/s1. The molecule has 1 aliphatic heterocycles. The van der Waals surface area contributed by atoms with Crippen LogP contribution < -0.4 is 5.32 Å². The maximum Gasteiger partial charge on any atom is 0.0897 e. The topological polar surface area (TPSA) is 44.7 Å². The number of piperidine rings is 1. The van der Waals surface area contributed by atoms with Crippen molar-refractivity contribution in [2.45, 2.75) is 39.2 Å². The van der Waals surface area contributed by atoms with Gasteiger partial charge in [-0.15, -0.1) is 0 Å². The van der Waals surface area contributed by atoms with Gasteiger partial charge in [0.1, 0.15) is 0 Å².